The van der Waals surface area contributed by atoms with Crippen LogP contribution in [0.15, 0.2) is 66.9 Å². The van der Waals surface area contributed by atoms with Crippen molar-refractivity contribution in [3.8, 4) is 11.5 Å². The van der Waals surface area contributed by atoms with Gasteiger partial charge in [-0.3, -0.25) is 29.5 Å². The summed E-state index contributed by atoms with van der Waals surface area (Å²) in [5.74, 6) is 1.55. The molecule has 4 aromatic rings. The lowest BCUT2D eigenvalue weighted by Gasteiger charge is -2.43. The fraction of sp³-hybridized carbons (Fsp3) is 0.419. The number of hydrogen-bond donors (Lipinski definition) is 3. The van der Waals surface area contributed by atoms with E-state index in [1.165, 1.54) is 6.20 Å². The number of fused-ring (bicyclic) bond motifs is 1. The molecule has 0 aliphatic carbocycles. The van der Waals surface area contributed by atoms with E-state index in [4.69, 9.17) is 21.1 Å². The zero-order valence-electron chi connectivity index (χ0n) is 34.2. The summed E-state index contributed by atoms with van der Waals surface area (Å²) in [6, 6.07) is 19.4. The van der Waals surface area contributed by atoms with Gasteiger partial charge < -0.3 is 34.5 Å². The lowest BCUT2D eigenvalue weighted by Crippen LogP contribution is -2.55. The number of methoxy groups -OCH3 is 1. The highest BCUT2D eigenvalue weighted by Crippen LogP contribution is 2.39. The van der Waals surface area contributed by atoms with Crippen molar-refractivity contribution in [2.75, 3.05) is 81.8 Å². The quantitative estimate of drug-likeness (QED) is 0.126. The number of anilines is 5. The Bertz CT molecular complexity index is 2310. The van der Waals surface area contributed by atoms with Gasteiger partial charge in [-0.15, -0.1) is 0 Å². The van der Waals surface area contributed by atoms with Crippen LogP contribution in [0.25, 0.3) is 0 Å². The standard InChI is InChI=1S/C43H51ClN9O6P/c1-58-37-23-30(11-12-33(37)47-43-45-24-32(44)41(49-43)46-34-8-4-5-10-38(34)60(2,3)57)50-17-15-29(16-18-50)51-19-21-52(22-20-51)40(55)27-59-36-9-6-7-28-25-53(26-31(28)36)35-13-14-39(54)48-42(35)56/h4-12,23-24,29,35H,13-22,25-27H2,1-3H3,(H,48,54,56)(H2,45,46,47,49). The van der Waals surface area contributed by atoms with Gasteiger partial charge in [0.25, 0.3) is 5.91 Å². The van der Waals surface area contributed by atoms with Crippen molar-refractivity contribution in [1.82, 2.24) is 30.0 Å². The van der Waals surface area contributed by atoms with Crippen LogP contribution in [0.4, 0.5) is 28.8 Å². The van der Waals surface area contributed by atoms with E-state index in [2.05, 4.69) is 46.7 Å². The Hall–Kier alpha value is -5.21. The Kier molecular flexibility index (Phi) is 12.3. The second-order valence-corrected chi connectivity index (χ2v) is 19.7. The molecule has 3 fully saturated rings. The summed E-state index contributed by atoms with van der Waals surface area (Å²) in [4.78, 5) is 55.3. The number of hydrogen-bond acceptors (Lipinski definition) is 13. The molecule has 17 heteroatoms. The van der Waals surface area contributed by atoms with E-state index in [0.717, 1.165) is 55.8 Å². The summed E-state index contributed by atoms with van der Waals surface area (Å²) in [7, 11) is -0.916. The molecule has 3 N–H and O–H groups in total. The Morgan fingerprint density at radius 3 is 2.43 bits per heavy atom. The van der Waals surface area contributed by atoms with Gasteiger partial charge in [0.1, 0.15) is 23.7 Å². The van der Waals surface area contributed by atoms with Crippen LogP contribution < -0.4 is 35.6 Å². The first-order valence-corrected chi connectivity index (χ1v) is 23.4. The molecule has 3 amide bonds. The number of piperazine rings is 1. The fourth-order valence-electron chi connectivity index (χ4n) is 8.65. The number of piperidine rings is 2. The van der Waals surface area contributed by atoms with Crippen molar-refractivity contribution in [3.05, 3.63) is 83.0 Å². The van der Waals surface area contributed by atoms with Crippen LogP contribution in [0.3, 0.4) is 0 Å². The normalized spacial score (nSPS) is 19.2. The molecule has 1 atom stereocenters. The molecule has 1 aromatic heterocycles. The van der Waals surface area contributed by atoms with E-state index >= 15 is 0 Å². The monoisotopic (exact) mass is 855 g/mol. The Labute approximate surface area is 355 Å². The number of ether oxygens (including phenoxy) is 2. The molecule has 3 saturated heterocycles. The number of rotatable bonds is 12. The van der Waals surface area contributed by atoms with Crippen LogP contribution >= 0.6 is 18.7 Å². The number of nitrogens with one attached hydrogen (secondary N) is 3. The van der Waals surface area contributed by atoms with Gasteiger partial charge in [-0.1, -0.05) is 35.9 Å². The number of amides is 3. The highest BCUT2D eigenvalue weighted by molar-refractivity contribution is 7.70. The predicted molar refractivity (Wildman–Crippen MR) is 233 cm³/mol. The van der Waals surface area contributed by atoms with Gasteiger partial charge in [0, 0.05) is 87.4 Å². The summed E-state index contributed by atoms with van der Waals surface area (Å²) >= 11 is 6.48. The minimum atomic E-state index is -2.55. The molecule has 4 aliphatic rings. The fourth-order valence-corrected chi connectivity index (χ4v) is 9.94. The average molecular weight is 856 g/mol. The van der Waals surface area contributed by atoms with Gasteiger partial charge >= 0.3 is 0 Å². The maximum Gasteiger partial charge on any atom is 0.260 e. The molecule has 0 bridgehead atoms. The van der Waals surface area contributed by atoms with Crippen LogP contribution in [0, 0.1) is 0 Å². The van der Waals surface area contributed by atoms with E-state index in [1.54, 1.807) is 20.4 Å². The third-order valence-electron chi connectivity index (χ3n) is 11.9. The Morgan fingerprint density at radius 2 is 1.68 bits per heavy atom. The number of para-hydroxylation sites is 1. The molecular weight excluding hydrogens is 805 g/mol. The summed E-state index contributed by atoms with van der Waals surface area (Å²) < 4.78 is 24.8. The largest absolute Gasteiger partial charge is 0.494 e. The minimum Gasteiger partial charge on any atom is -0.494 e. The summed E-state index contributed by atoms with van der Waals surface area (Å²) in [6.45, 7) is 9.33. The predicted octanol–water partition coefficient (Wildman–Crippen LogP) is 5.19. The van der Waals surface area contributed by atoms with Crippen LogP contribution in [0.1, 0.15) is 36.8 Å². The van der Waals surface area contributed by atoms with Crippen LogP contribution in [0.2, 0.25) is 5.02 Å². The average Bonchev–Trinajstić information content (AvgIpc) is 3.69. The van der Waals surface area contributed by atoms with E-state index in [-0.39, 0.29) is 30.4 Å². The third kappa shape index (κ3) is 9.24. The molecule has 0 radical (unpaired) electrons. The number of aromatic nitrogens is 2. The van der Waals surface area contributed by atoms with Crippen molar-refractivity contribution in [1.29, 1.82) is 0 Å². The number of nitrogens with zero attached hydrogens (tertiary/aromatic N) is 6. The van der Waals surface area contributed by atoms with Gasteiger partial charge in [-0.25, -0.2) is 4.98 Å². The van der Waals surface area contributed by atoms with Crippen molar-refractivity contribution in [3.63, 3.8) is 0 Å². The topological polar surface area (TPSA) is 162 Å². The smallest absolute Gasteiger partial charge is 0.260 e. The minimum absolute atomic E-state index is 0.0273. The Morgan fingerprint density at radius 1 is 0.900 bits per heavy atom. The van der Waals surface area contributed by atoms with E-state index in [1.807, 2.05) is 59.5 Å². The highest BCUT2D eigenvalue weighted by atomic mass is 35.5. The molecule has 0 saturated carbocycles. The van der Waals surface area contributed by atoms with Crippen molar-refractivity contribution in [2.24, 2.45) is 0 Å². The van der Waals surface area contributed by atoms with E-state index < -0.39 is 7.14 Å². The van der Waals surface area contributed by atoms with Gasteiger partial charge in [0.15, 0.2) is 12.4 Å². The SMILES string of the molecule is COc1cc(N2CCC(N3CCN(C(=O)COc4cccc5c4CN(C4CCC(=O)NC4=O)C5)CC3)CC2)ccc1Nc1ncc(Cl)c(Nc2ccccc2P(C)(C)=O)n1. The van der Waals surface area contributed by atoms with E-state index in [9.17, 15) is 18.9 Å². The maximum absolute atomic E-state index is 13.3. The molecule has 8 rings (SSSR count). The second kappa shape index (κ2) is 17.8. The molecule has 15 nitrogen and oxygen atoms in total. The zero-order chi connectivity index (χ0) is 42.0. The molecule has 5 heterocycles. The van der Waals surface area contributed by atoms with E-state index in [0.29, 0.717) is 90.0 Å². The lowest BCUT2D eigenvalue weighted by molar-refractivity contribution is -0.138. The lowest BCUT2D eigenvalue weighted by atomic mass is 10.0. The van der Waals surface area contributed by atoms with Gasteiger partial charge in [0.05, 0.1) is 30.7 Å². The number of carbonyl (C=O) groups is 3. The molecule has 1 unspecified atom stereocenters. The molecule has 0 spiro atoms. The first kappa shape index (κ1) is 41.5. The second-order valence-electron chi connectivity index (χ2n) is 16.1. The first-order chi connectivity index (χ1) is 28.9. The van der Waals surface area contributed by atoms with Gasteiger partial charge in [-0.05, 0) is 68.5 Å². The van der Waals surface area contributed by atoms with Crippen LogP contribution in [0.5, 0.6) is 11.5 Å². The Balaban J connectivity index is 0.807. The van der Waals surface area contributed by atoms with Gasteiger partial charge in [-0.2, -0.15) is 4.98 Å². The number of halogens is 1. The van der Waals surface area contributed by atoms with Crippen molar-refractivity contribution >= 4 is 70.6 Å². The number of carbonyl (C=O) groups excluding carboxylic acids is 3. The van der Waals surface area contributed by atoms with Crippen molar-refractivity contribution in [2.45, 2.75) is 50.9 Å². The highest BCUT2D eigenvalue weighted by Gasteiger charge is 2.36. The molecule has 60 heavy (non-hydrogen) atoms. The molecule has 4 aliphatic heterocycles. The molecule has 3 aromatic carbocycles. The first-order valence-electron chi connectivity index (χ1n) is 20.4. The van der Waals surface area contributed by atoms with Crippen LogP contribution in [-0.2, 0) is 32.0 Å². The molecule has 316 valence electrons. The third-order valence-corrected chi connectivity index (χ3v) is 13.7. The van der Waals surface area contributed by atoms with Gasteiger partial charge in [0.2, 0.25) is 17.8 Å². The zero-order valence-corrected chi connectivity index (χ0v) is 35.8. The maximum atomic E-state index is 13.3. The number of benzene rings is 3. The molecular formula is C43H51ClN9O6P. The summed E-state index contributed by atoms with van der Waals surface area (Å²) in [6.07, 6.45) is 4.39. The van der Waals surface area contributed by atoms with Crippen molar-refractivity contribution < 1.29 is 28.4 Å². The summed E-state index contributed by atoms with van der Waals surface area (Å²) in [5.41, 5.74) is 4.53. The van der Waals surface area contributed by atoms with Crippen LogP contribution in [-0.4, -0.2) is 121 Å². The summed E-state index contributed by atoms with van der Waals surface area (Å²) in [5, 5.41) is 10.0. The number of imide groups is 1.